The summed E-state index contributed by atoms with van der Waals surface area (Å²) in [5.74, 6) is -1.45. The maximum Gasteiger partial charge on any atom is 0.326 e. The molecule has 3 aromatic carbocycles. The number of nitrogens with zero attached hydrogens (tertiary/aromatic N) is 1. The molecule has 0 saturated carbocycles. The Kier molecular flexibility index (Phi) is 6.75. The Morgan fingerprint density at radius 3 is 2.27 bits per heavy atom. The number of carbonyl (C=O) groups is 2. The fourth-order valence-corrected chi connectivity index (χ4v) is 3.89. The van der Waals surface area contributed by atoms with Gasteiger partial charge >= 0.3 is 12.0 Å². The molecule has 2 amide bonds. The molecule has 0 radical (unpaired) electrons. The number of sulfonamides is 1. The number of carboxylic acids is 1. The molecule has 7 N–H and O–H groups in total. The molecule has 0 heterocycles. The maximum atomic E-state index is 12.8. The number of hydrogen-bond donors (Lipinski definition) is 5. The van der Waals surface area contributed by atoms with E-state index in [0.29, 0.717) is 22.4 Å². The van der Waals surface area contributed by atoms with Crippen molar-refractivity contribution in [2.45, 2.75) is 4.90 Å². The van der Waals surface area contributed by atoms with Crippen molar-refractivity contribution in [2.24, 2.45) is 10.9 Å². The first-order valence-electron chi connectivity index (χ1n) is 9.53. The number of rotatable bonds is 7. The van der Waals surface area contributed by atoms with Gasteiger partial charge in [0.05, 0.1) is 4.90 Å². The number of nitrogen functional groups attached to an aromatic ring is 1. The zero-order chi connectivity index (χ0) is 24.2. The van der Waals surface area contributed by atoms with Gasteiger partial charge in [-0.15, -0.1) is 0 Å². The minimum Gasteiger partial charge on any atom is -0.480 e. The van der Waals surface area contributed by atoms with Gasteiger partial charge in [-0.3, -0.25) is 15.1 Å². The number of urea groups is 1. The minimum atomic E-state index is -3.93. The smallest absolute Gasteiger partial charge is 0.326 e. The van der Waals surface area contributed by atoms with Gasteiger partial charge in [0.1, 0.15) is 12.4 Å². The Labute approximate surface area is 190 Å². The Balaban J connectivity index is 1.86. The number of benzene rings is 3. The van der Waals surface area contributed by atoms with Crippen LogP contribution in [0.5, 0.6) is 0 Å². The standard InChI is InChI=1S/C22H21N5O5S/c23-21(24)15-4-3-5-17(12-15)27(13-20(28)29)22(30)26-16-10-8-14(9-11-16)18-6-1-2-7-19(18)33(25,31)32/h1-12H,13H2,(H3,23,24)(H,26,30)(H,28,29)(H2,25,31,32). The highest BCUT2D eigenvalue weighted by atomic mass is 32.2. The number of carbonyl (C=O) groups excluding carboxylic acids is 1. The number of nitrogens with one attached hydrogen (secondary N) is 2. The van der Waals surface area contributed by atoms with Crippen LogP contribution in [0.25, 0.3) is 11.1 Å². The molecule has 0 saturated heterocycles. The Morgan fingerprint density at radius 2 is 1.67 bits per heavy atom. The van der Waals surface area contributed by atoms with E-state index in [2.05, 4.69) is 5.32 Å². The maximum absolute atomic E-state index is 12.8. The van der Waals surface area contributed by atoms with Crippen LogP contribution in [-0.4, -0.2) is 37.9 Å². The molecule has 3 rings (SSSR count). The van der Waals surface area contributed by atoms with Crippen LogP contribution in [0.1, 0.15) is 5.56 Å². The molecule has 0 unspecified atom stereocenters. The predicted octanol–water partition coefficient (Wildman–Crippen LogP) is 2.41. The van der Waals surface area contributed by atoms with Gasteiger partial charge in [0.25, 0.3) is 0 Å². The predicted molar refractivity (Wildman–Crippen MR) is 125 cm³/mol. The monoisotopic (exact) mass is 467 g/mol. The van der Waals surface area contributed by atoms with E-state index in [1.807, 2.05) is 0 Å². The number of amidine groups is 1. The molecular weight excluding hydrogens is 446 g/mol. The van der Waals surface area contributed by atoms with Crippen LogP contribution in [-0.2, 0) is 14.8 Å². The second-order valence-corrected chi connectivity index (χ2v) is 8.52. The van der Waals surface area contributed by atoms with Crippen molar-refractivity contribution in [3.8, 4) is 11.1 Å². The van der Waals surface area contributed by atoms with Crippen molar-refractivity contribution in [3.05, 3.63) is 78.4 Å². The average Bonchev–Trinajstić information content (AvgIpc) is 2.77. The number of primary sulfonamides is 1. The summed E-state index contributed by atoms with van der Waals surface area (Å²) in [5.41, 5.74) is 7.41. The zero-order valence-electron chi connectivity index (χ0n) is 17.2. The molecule has 0 aromatic heterocycles. The van der Waals surface area contributed by atoms with Crippen molar-refractivity contribution in [2.75, 3.05) is 16.8 Å². The zero-order valence-corrected chi connectivity index (χ0v) is 18.0. The SMILES string of the molecule is N=C(N)c1cccc(N(CC(=O)O)C(=O)Nc2ccc(-c3ccccc3S(N)(=O)=O)cc2)c1. The largest absolute Gasteiger partial charge is 0.480 e. The van der Waals surface area contributed by atoms with Gasteiger partial charge in [-0.2, -0.15) is 0 Å². The summed E-state index contributed by atoms with van der Waals surface area (Å²) in [6, 6.07) is 18.0. The second kappa shape index (κ2) is 9.51. The third-order valence-corrected chi connectivity index (χ3v) is 5.62. The number of nitrogens with two attached hydrogens (primary N) is 2. The Bertz CT molecular complexity index is 1320. The van der Waals surface area contributed by atoms with Gasteiger partial charge < -0.3 is 16.2 Å². The van der Waals surface area contributed by atoms with E-state index in [1.165, 1.54) is 18.2 Å². The third-order valence-electron chi connectivity index (χ3n) is 4.65. The fraction of sp³-hybridized carbons (Fsp3) is 0.0455. The first-order chi connectivity index (χ1) is 15.6. The van der Waals surface area contributed by atoms with Crippen LogP contribution in [0.4, 0.5) is 16.2 Å². The number of aliphatic carboxylic acids is 1. The highest BCUT2D eigenvalue weighted by Crippen LogP contribution is 2.28. The molecule has 0 aliphatic carbocycles. The highest BCUT2D eigenvalue weighted by Gasteiger charge is 2.20. The van der Waals surface area contributed by atoms with E-state index in [-0.39, 0.29) is 16.4 Å². The van der Waals surface area contributed by atoms with Crippen LogP contribution < -0.4 is 21.1 Å². The van der Waals surface area contributed by atoms with Crippen molar-refractivity contribution >= 4 is 39.2 Å². The number of anilines is 2. The molecule has 10 nitrogen and oxygen atoms in total. The molecule has 0 bridgehead atoms. The van der Waals surface area contributed by atoms with Crippen LogP contribution in [0.15, 0.2) is 77.7 Å². The number of hydrogen-bond acceptors (Lipinski definition) is 5. The lowest BCUT2D eigenvalue weighted by Gasteiger charge is -2.22. The van der Waals surface area contributed by atoms with Gasteiger partial charge in [-0.25, -0.2) is 18.4 Å². The second-order valence-electron chi connectivity index (χ2n) is 6.99. The molecule has 0 aliphatic rings. The van der Waals surface area contributed by atoms with E-state index in [9.17, 15) is 23.1 Å². The molecule has 0 aliphatic heterocycles. The van der Waals surface area contributed by atoms with E-state index >= 15 is 0 Å². The molecule has 11 heteroatoms. The Hall–Kier alpha value is -4.22. The number of amides is 2. The minimum absolute atomic E-state index is 0.0280. The van der Waals surface area contributed by atoms with E-state index in [4.69, 9.17) is 16.3 Å². The molecule has 0 fully saturated rings. The molecule has 0 atom stereocenters. The lowest BCUT2D eigenvalue weighted by Crippen LogP contribution is -2.39. The number of carboxylic acid groups (broad SMARTS) is 1. The lowest BCUT2D eigenvalue weighted by atomic mass is 10.1. The van der Waals surface area contributed by atoms with E-state index in [1.54, 1.807) is 54.6 Å². The lowest BCUT2D eigenvalue weighted by molar-refractivity contribution is -0.135. The topological polar surface area (TPSA) is 180 Å². The Morgan fingerprint density at radius 1 is 1.00 bits per heavy atom. The summed E-state index contributed by atoms with van der Waals surface area (Å²) < 4.78 is 23.7. The summed E-state index contributed by atoms with van der Waals surface area (Å²) >= 11 is 0. The summed E-state index contributed by atoms with van der Waals surface area (Å²) in [4.78, 5) is 25.1. The summed E-state index contributed by atoms with van der Waals surface area (Å²) in [5, 5.41) is 24.7. The van der Waals surface area contributed by atoms with E-state index < -0.39 is 28.6 Å². The van der Waals surface area contributed by atoms with Crippen molar-refractivity contribution in [1.29, 1.82) is 5.41 Å². The van der Waals surface area contributed by atoms with Crippen LogP contribution in [0, 0.1) is 5.41 Å². The van der Waals surface area contributed by atoms with Crippen molar-refractivity contribution < 1.29 is 23.1 Å². The van der Waals surface area contributed by atoms with Gasteiger partial charge in [0.2, 0.25) is 10.0 Å². The van der Waals surface area contributed by atoms with Crippen LogP contribution in [0.3, 0.4) is 0 Å². The van der Waals surface area contributed by atoms with Gasteiger partial charge in [0, 0.05) is 22.5 Å². The first-order valence-corrected chi connectivity index (χ1v) is 11.1. The van der Waals surface area contributed by atoms with Crippen molar-refractivity contribution in [3.63, 3.8) is 0 Å². The summed E-state index contributed by atoms with van der Waals surface area (Å²) in [6.07, 6.45) is 0. The highest BCUT2D eigenvalue weighted by molar-refractivity contribution is 7.89. The first kappa shape index (κ1) is 23.4. The molecular formula is C22H21N5O5S. The molecule has 170 valence electrons. The van der Waals surface area contributed by atoms with Crippen LogP contribution >= 0.6 is 0 Å². The van der Waals surface area contributed by atoms with E-state index in [0.717, 1.165) is 4.90 Å². The fourth-order valence-electron chi connectivity index (χ4n) is 3.13. The summed E-state index contributed by atoms with van der Waals surface area (Å²) in [6.45, 7) is -0.618. The third kappa shape index (κ3) is 5.73. The van der Waals surface area contributed by atoms with Gasteiger partial charge in [-0.1, -0.05) is 42.5 Å². The quantitative estimate of drug-likeness (QED) is 0.263. The van der Waals surface area contributed by atoms with Crippen LogP contribution in [0.2, 0.25) is 0 Å². The summed E-state index contributed by atoms with van der Waals surface area (Å²) in [7, 11) is -3.93. The molecule has 0 spiro atoms. The van der Waals surface area contributed by atoms with Gasteiger partial charge in [0.15, 0.2) is 0 Å². The average molecular weight is 468 g/mol. The molecule has 33 heavy (non-hydrogen) atoms. The van der Waals surface area contributed by atoms with Gasteiger partial charge in [-0.05, 0) is 35.9 Å². The normalized spacial score (nSPS) is 10.9. The van der Waals surface area contributed by atoms with Crippen molar-refractivity contribution in [1.82, 2.24) is 0 Å². The molecule has 3 aromatic rings.